The highest BCUT2D eigenvalue weighted by Gasteiger charge is 2.10. The number of unbranched alkanes of at least 4 members (excludes halogenated alkanes) is 5. The molecule has 94 valence electrons. The summed E-state index contributed by atoms with van der Waals surface area (Å²) in [6.45, 7) is 5.36. The lowest BCUT2D eigenvalue weighted by molar-refractivity contribution is 0.204. The van der Waals surface area contributed by atoms with E-state index >= 15 is 0 Å². The van der Waals surface area contributed by atoms with Gasteiger partial charge in [0.15, 0.2) is 0 Å². The van der Waals surface area contributed by atoms with Gasteiger partial charge in [0.1, 0.15) is 0 Å². The molecule has 0 amide bonds. The van der Waals surface area contributed by atoms with Crippen molar-refractivity contribution in [3.8, 4) is 0 Å². The molecule has 0 radical (unpaired) electrons. The molecule has 0 atom stereocenters. The molecular weight excluding hydrogens is 200 g/mol. The van der Waals surface area contributed by atoms with Crippen LogP contribution in [0.15, 0.2) is 12.4 Å². The second-order valence-corrected chi connectivity index (χ2v) is 4.56. The second-order valence-electron chi connectivity index (χ2n) is 4.56. The first-order chi connectivity index (χ1) is 7.86. The Morgan fingerprint density at radius 1 is 0.938 bits per heavy atom. The predicted molar refractivity (Wildman–Crippen MR) is 67.9 cm³/mol. The molecule has 0 spiro atoms. The van der Waals surface area contributed by atoms with Crippen molar-refractivity contribution in [3.63, 3.8) is 0 Å². The van der Waals surface area contributed by atoms with Gasteiger partial charge in [-0.3, -0.25) is 0 Å². The molecule has 3 nitrogen and oxygen atoms in total. The molecule has 1 N–H and O–H groups in total. The summed E-state index contributed by atoms with van der Waals surface area (Å²) in [7, 11) is 0. The molecule has 0 saturated carbocycles. The number of rotatable bonds is 9. The Bertz CT molecular complexity index is 194. The zero-order valence-corrected chi connectivity index (χ0v) is 10.6. The molecular formula is C13H26N2O. The molecule has 0 aliphatic carbocycles. The first-order valence-corrected chi connectivity index (χ1v) is 6.64. The molecule has 0 aromatic carbocycles. The van der Waals surface area contributed by atoms with Crippen molar-refractivity contribution in [2.45, 2.75) is 45.4 Å². The maximum Gasteiger partial charge on any atom is 0.0894 e. The summed E-state index contributed by atoms with van der Waals surface area (Å²) >= 11 is 0. The van der Waals surface area contributed by atoms with Crippen LogP contribution in [-0.2, 0) is 0 Å². The highest BCUT2D eigenvalue weighted by Crippen LogP contribution is 2.09. The molecule has 16 heavy (non-hydrogen) atoms. The van der Waals surface area contributed by atoms with Crippen molar-refractivity contribution in [1.29, 1.82) is 0 Å². The first kappa shape index (κ1) is 13.4. The molecule has 1 heterocycles. The van der Waals surface area contributed by atoms with Crippen LogP contribution in [0.4, 0.5) is 0 Å². The summed E-state index contributed by atoms with van der Waals surface area (Å²) in [4.78, 5) is 4.48. The number of hydrogen-bond donors (Lipinski definition) is 1. The quantitative estimate of drug-likeness (QED) is 0.612. The van der Waals surface area contributed by atoms with Crippen molar-refractivity contribution in [1.82, 2.24) is 9.80 Å². The minimum Gasteiger partial charge on any atom is -0.395 e. The highest BCUT2D eigenvalue weighted by molar-refractivity contribution is 4.90. The summed E-state index contributed by atoms with van der Waals surface area (Å²) in [6, 6.07) is 0. The lowest BCUT2D eigenvalue weighted by atomic mass is 10.1. The van der Waals surface area contributed by atoms with Gasteiger partial charge in [-0.05, 0) is 6.42 Å². The molecule has 0 fully saturated rings. The molecule has 3 heteroatoms. The second kappa shape index (κ2) is 8.45. The predicted octanol–water partition coefficient (Wildman–Crippen LogP) is 2.39. The summed E-state index contributed by atoms with van der Waals surface area (Å²) < 4.78 is 0. The number of aliphatic hydroxyl groups is 1. The van der Waals surface area contributed by atoms with Gasteiger partial charge in [0, 0.05) is 25.5 Å². The topological polar surface area (TPSA) is 26.7 Å². The van der Waals surface area contributed by atoms with E-state index in [-0.39, 0.29) is 6.61 Å². The third-order valence-corrected chi connectivity index (χ3v) is 3.04. The summed E-state index contributed by atoms with van der Waals surface area (Å²) in [5, 5.41) is 8.82. The molecule has 1 aliphatic rings. The van der Waals surface area contributed by atoms with Crippen LogP contribution in [0, 0.1) is 0 Å². The van der Waals surface area contributed by atoms with Crippen molar-refractivity contribution in [2.75, 3.05) is 26.4 Å². The van der Waals surface area contributed by atoms with Crippen LogP contribution in [-0.4, -0.2) is 41.3 Å². The Morgan fingerprint density at radius 3 is 2.25 bits per heavy atom. The molecule has 0 aromatic heterocycles. The highest BCUT2D eigenvalue weighted by atomic mass is 16.3. The van der Waals surface area contributed by atoms with Gasteiger partial charge in [0.2, 0.25) is 0 Å². The average Bonchev–Trinajstić information content (AvgIpc) is 2.72. The van der Waals surface area contributed by atoms with E-state index in [0.29, 0.717) is 0 Å². The van der Waals surface area contributed by atoms with Gasteiger partial charge in [-0.25, -0.2) is 0 Å². The third kappa shape index (κ3) is 5.40. The van der Waals surface area contributed by atoms with E-state index in [9.17, 15) is 0 Å². The van der Waals surface area contributed by atoms with E-state index in [1.807, 2.05) is 0 Å². The van der Waals surface area contributed by atoms with Crippen molar-refractivity contribution < 1.29 is 5.11 Å². The van der Waals surface area contributed by atoms with Crippen molar-refractivity contribution in [3.05, 3.63) is 12.4 Å². The summed E-state index contributed by atoms with van der Waals surface area (Å²) in [5.41, 5.74) is 0. The minimum atomic E-state index is 0.245. The van der Waals surface area contributed by atoms with Crippen molar-refractivity contribution in [2.24, 2.45) is 0 Å². The van der Waals surface area contributed by atoms with Gasteiger partial charge in [-0.1, -0.05) is 39.0 Å². The molecule has 1 rings (SSSR count). The van der Waals surface area contributed by atoms with Gasteiger partial charge >= 0.3 is 0 Å². The van der Waals surface area contributed by atoms with Gasteiger partial charge < -0.3 is 14.9 Å². The molecule has 0 saturated heterocycles. The van der Waals surface area contributed by atoms with Gasteiger partial charge in [0.05, 0.1) is 13.3 Å². The van der Waals surface area contributed by atoms with Crippen LogP contribution in [0.25, 0.3) is 0 Å². The lowest BCUT2D eigenvalue weighted by Gasteiger charge is -2.20. The Morgan fingerprint density at radius 2 is 1.56 bits per heavy atom. The van der Waals surface area contributed by atoms with E-state index in [1.54, 1.807) is 0 Å². The Balaban J connectivity index is 1.93. The number of hydrogen-bond acceptors (Lipinski definition) is 3. The zero-order chi connectivity index (χ0) is 11.6. The minimum absolute atomic E-state index is 0.245. The van der Waals surface area contributed by atoms with E-state index in [4.69, 9.17) is 5.11 Å². The summed E-state index contributed by atoms with van der Waals surface area (Å²) in [5.74, 6) is 0. The Labute approximate surface area is 99.7 Å². The zero-order valence-electron chi connectivity index (χ0n) is 10.6. The standard InChI is InChI=1S/C13H26N2O/c1-2-3-4-5-6-7-8-14-9-10-15(13-14)11-12-16/h9-10,16H,2-8,11-13H2,1H3. The first-order valence-electron chi connectivity index (χ1n) is 6.64. The monoisotopic (exact) mass is 226 g/mol. The van der Waals surface area contributed by atoms with E-state index in [1.165, 1.54) is 38.5 Å². The molecule has 0 aromatic rings. The fourth-order valence-corrected chi connectivity index (χ4v) is 2.03. The van der Waals surface area contributed by atoms with Gasteiger partial charge in [-0.15, -0.1) is 0 Å². The van der Waals surface area contributed by atoms with Crippen LogP contribution in [0.1, 0.15) is 45.4 Å². The fourth-order valence-electron chi connectivity index (χ4n) is 2.03. The third-order valence-electron chi connectivity index (χ3n) is 3.04. The fraction of sp³-hybridized carbons (Fsp3) is 0.846. The van der Waals surface area contributed by atoms with Crippen LogP contribution in [0.3, 0.4) is 0 Å². The van der Waals surface area contributed by atoms with E-state index < -0.39 is 0 Å². The smallest absolute Gasteiger partial charge is 0.0894 e. The van der Waals surface area contributed by atoms with Gasteiger partial charge in [0.25, 0.3) is 0 Å². The van der Waals surface area contributed by atoms with Crippen LogP contribution in [0.5, 0.6) is 0 Å². The number of β-amino-alcohol motifs (C(OH)–C–C–N with tert-alkyl or cyclic N) is 1. The number of aliphatic hydroxyl groups excluding tert-OH is 1. The largest absolute Gasteiger partial charge is 0.395 e. The SMILES string of the molecule is CCCCCCCCN1C=CN(CCO)C1. The van der Waals surface area contributed by atoms with Gasteiger partial charge in [-0.2, -0.15) is 0 Å². The normalized spacial score (nSPS) is 15.1. The Kier molecular flexibility index (Phi) is 7.06. The number of nitrogens with zero attached hydrogens (tertiary/aromatic N) is 2. The summed E-state index contributed by atoms with van der Waals surface area (Å²) in [6.07, 6.45) is 12.3. The molecule has 1 aliphatic heterocycles. The molecule has 0 bridgehead atoms. The lowest BCUT2D eigenvalue weighted by Crippen LogP contribution is -2.27. The van der Waals surface area contributed by atoms with Crippen LogP contribution in [0.2, 0.25) is 0 Å². The van der Waals surface area contributed by atoms with Crippen LogP contribution < -0.4 is 0 Å². The maximum atomic E-state index is 8.82. The van der Waals surface area contributed by atoms with Crippen molar-refractivity contribution >= 4 is 0 Å². The van der Waals surface area contributed by atoms with E-state index in [2.05, 4.69) is 29.1 Å². The average molecular weight is 226 g/mol. The van der Waals surface area contributed by atoms with E-state index in [0.717, 1.165) is 19.8 Å². The Hall–Kier alpha value is -0.700. The van der Waals surface area contributed by atoms with Crippen LogP contribution >= 0.6 is 0 Å². The molecule has 0 unspecified atom stereocenters. The maximum absolute atomic E-state index is 8.82.